The molecule has 0 saturated carbocycles. The van der Waals surface area contributed by atoms with Crippen LogP contribution in [-0.2, 0) is 28.9 Å². The van der Waals surface area contributed by atoms with Gasteiger partial charge in [0.1, 0.15) is 6.54 Å². The number of carbonyl (C=O) groups is 2. The largest absolute Gasteiger partial charge is 0.465 e. The third-order valence-corrected chi connectivity index (χ3v) is 5.44. The summed E-state index contributed by atoms with van der Waals surface area (Å²) < 4.78 is 6.88. The molecule has 4 heteroatoms. The molecule has 0 amide bonds. The highest BCUT2D eigenvalue weighted by atomic mass is 16.5. The van der Waals surface area contributed by atoms with Gasteiger partial charge in [-0.15, -0.1) is 0 Å². The van der Waals surface area contributed by atoms with E-state index < -0.39 is 0 Å². The number of esters is 1. The van der Waals surface area contributed by atoms with E-state index in [0.717, 1.165) is 23.7 Å². The number of fused-ring (bicyclic) bond motifs is 2. The summed E-state index contributed by atoms with van der Waals surface area (Å²) in [5.74, 6) is -0.312. The van der Waals surface area contributed by atoms with E-state index in [1.807, 2.05) is 36.4 Å². The standard InChI is InChI=1S/C24H25NO3/c1-4-28-22(26)15-25-14-20(19-7-5-6-8-21(19)25)23(27)16-9-10-17-12-24(2,3)13-18(17)11-16/h5-11,14H,4,12-13,15H2,1-3H3. The average molecular weight is 375 g/mol. The lowest BCUT2D eigenvalue weighted by molar-refractivity contribution is -0.143. The fourth-order valence-electron chi connectivity index (χ4n) is 4.26. The number of nitrogens with zero attached hydrogens (tertiary/aromatic N) is 1. The van der Waals surface area contributed by atoms with Crippen LogP contribution in [0.5, 0.6) is 0 Å². The minimum atomic E-state index is -0.304. The number of benzene rings is 2. The zero-order valence-corrected chi connectivity index (χ0v) is 16.6. The van der Waals surface area contributed by atoms with Crippen LogP contribution in [0.4, 0.5) is 0 Å². The van der Waals surface area contributed by atoms with Gasteiger partial charge in [0, 0.05) is 28.2 Å². The molecule has 1 aromatic heterocycles. The normalized spacial score (nSPS) is 14.8. The molecule has 0 saturated heterocycles. The Balaban J connectivity index is 1.72. The Morgan fingerprint density at radius 2 is 1.82 bits per heavy atom. The molecule has 0 bridgehead atoms. The first-order chi connectivity index (χ1) is 13.4. The molecule has 28 heavy (non-hydrogen) atoms. The first kappa shape index (κ1) is 18.5. The summed E-state index contributed by atoms with van der Waals surface area (Å²) >= 11 is 0. The van der Waals surface area contributed by atoms with Crippen molar-refractivity contribution in [2.24, 2.45) is 5.41 Å². The predicted octanol–water partition coefficient (Wildman–Crippen LogP) is 4.56. The van der Waals surface area contributed by atoms with Crippen LogP contribution >= 0.6 is 0 Å². The van der Waals surface area contributed by atoms with E-state index in [0.29, 0.717) is 17.7 Å². The summed E-state index contributed by atoms with van der Waals surface area (Å²) in [5, 5.41) is 0.859. The number of ketones is 1. The molecule has 0 spiro atoms. The van der Waals surface area contributed by atoms with Gasteiger partial charge in [0.15, 0.2) is 5.78 Å². The van der Waals surface area contributed by atoms with Gasteiger partial charge in [0.05, 0.1) is 6.61 Å². The van der Waals surface area contributed by atoms with E-state index in [1.54, 1.807) is 17.7 Å². The minimum absolute atomic E-state index is 0.00804. The lowest BCUT2D eigenvalue weighted by atomic mass is 9.90. The van der Waals surface area contributed by atoms with Crippen molar-refractivity contribution in [2.45, 2.75) is 40.2 Å². The maximum Gasteiger partial charge on any atom is 0.325 e. The van der Waals surface area contributed by atoms with Crippen molar-refractivity contribution in [3.63, 3.8) is 0 Å². The molecular formula is C24H25NO3. The molecule has 0 radical (unpaired) electrons. The Bertz CT molecular complexity index is 1070. The van der Waals surface area contributed by atoms with E-state index in [1.165, 1.54) is 11.1 Å². The van der Waals surface area contributed by atoms with Crippen molar-refractivity contribution >= 4 is 22.7 Å². The maximum atomic E-state index is 13.3. The summed E-state index contributed by atoms with van der Waals surface area (Å²) in [6.45, 7) is 6.75. The Morgan fingerprint density at radius 1 is 1.07 bits per heavy atom. The van der Waals surface area contributed by atoms with Crippen molar-refractivity contribution in [1.82, 2.24) is 4.57 Å². The van der Waals surface area contributed by atoms with E-state index in [4.69, 9.17) is 4.74 Å². The summed E-state index contributed by atoms with van der Waals surface area (Å²) in [7, 11) is 0. The number of rotatable bonds is 5. The van der Waals surface area contributed by atoms with E-state index in [9.17, 15) is 9.59 Å². The van der Waals surface area contributed by atoms with Crippen molar-refractivity contribution < 1.29 is 14.3 Å². The van der Waals surface area contributed by atoms with Gasteiger partial charge in [0.2, 0.25) is 0 Å². The molecular weight excluding hydrogens is 350 g/mol. The lowest BCUT2D eigenvalue weighted by Crippen LogP contribution is -2.12. The van der Waals surface area contributed by atoms with Crippen LogP contribution in [0.2, 0.25) is 0 Å². The van der Waals surface area contributed by atoms with E-state index in [2.05, 4.69) is 19.9 Å². The highest BCUT2D eigenvalue weighted by Crippen LogP contribution is 2.37. The Labute approximate surface area is 165 Å². The fourth-order valence-corrected chi connectivity index (χ4v) is 4.26. The quantitative estimate of drug-likeness (QED) is 0.485. The molecule has 0 unspecified atom stereocenters. The van der Waals surface area contributed by atoms with E-state index >= 15 is 0 Å². The zero-order valence-electron chi connectivity index (χ0n) is 16.6. The number of para-hydroxylation sites is 1. The Morgan fingerprint density at radius 3 is 2.61 bits per heavy atom. The molecule has 3 aromatic rings. The van der Waals surface area contributed by atoms with Gasteiger partial charge in [-0.05, 0) is 48.4 Å². The molecule has 1 heterocycles. The summed E-state index contributed by atoms with van der Waals surface area (Å²) in [6.07, 6.45) is 3.82. The lowest BCUT2D eigenvalue weighted by Gasteiger charge is -2.14. The number of ether oxygens (including phenoxy) is 1. The van der Waals surface area contributed by atoms with Crippen LogP contribution in [0, 0.1) is 5.41 Å². The predicted molar refractivity (Wildman–Crippen MR) is 110 cm³/mol. The fraction of sp³-hybridized carbons (Fsp3) is 0.333. The van der Waals surface area contributed by atoms with Crippen LogP contribution in [0.3, 0.4) is 0 Å². The van der Waals surface area contributed by atoms with Crippen molar-refractivity contribution in [2.75, 3.05) is 6.61 Å². The van der Waals surface area contributed by atoms with Crippen LogP contribution in [0.25, 0.3) is 10.9 Å². The summed E-state index contributed by atoms with van der Waals surface area (Å²) in [6, 6.07) is 13.8. The van der Waals surface area contributed by atoms with Gasteiger partial charge in [-0.1, -0.05) is 44.2 Å². The molecule has 0 aliphatic heterocycles. The number of hydrogen-bond acceptors (Lipinski definition) is 3. The molecule has 0 fully saturated rings. The Hall–Kier alpha value is -2.88. The zero-order chi connectivity index (χ0) is 19.9. The van der Waals surface area contributed by atoms with Gasteiger partial charge in [-0.25, -0.2) is 0 Å². The van der Waals surface area contributed by atoms with Crippen molar-refractivity contribution in [1.29, 1.82) is 0 Å². The van der Waals surface area contributed by atoms with Gasteiger partial charge in [-0.3, -0.25) is 9.59 Å². The molecule has 0 atom stereocenters. The summed E-state index contributed by atoms with van der Waals surface area (Å²) in [4.78, 5) is 25.3. The second-order valence-electron chi connectivity index (χ2n) is 8.32. The van der Waals surface area contributed by atoms with E-state index in [-0.39, 0.29) is 23.7 Å². The maximum absolute atomic E-state index is 13.3. The second kappa shape index (κ2) is 6.93. The van der Waals surface area contributed by atoms with Crippen LogP contribution < -0.4 is 0 Å². The molecule has 4 nitrogen and oxygen atoms in total. The highest BCUT2D eigenvalue weighted by molar-refractivity contribution is 6.16. The SMILES string of the molecule is CCOC(=O)Cn1cc(C(=O)c2ccc3c(c2)CC(C)(C)C3)c2ccccc21. The third kappa shape index (κ3) is 3.35. The van der Waals surface area contributed by atoms with Crippen molar-refractivity contribution in [3.05, 3.63) is 70.9 Å². The van der Waals surface area contributed by atoms with Crippen LogP contribution in [0.1, 0.15) is 47.8 Å². The van der Waals surface area contributed by atoms with Gasteiger partial charge >= 0.3 is 5.97 Å². The molecule has 1 aliphatic rings. The van der Waals surface area contributed by atoms with Crippen LogP contribution in [-0.4, -0.2) is 22.9 Å². The number of carbonyl (C=O) groups excluding carboxylic acids is 2. The third-order valence-electron chi connectivity index (χ3n) is 5.44. The highest BCUT2D eigenvalue weighted by Gasteiger charge is 2.29. The summed E-state index contributed by atoms with van der Waals surface area (Å²) in [5.41, 5.74) is 5.05. The monoisotopic (exact) mass is 375 g/mol. The first-order valence-electron chi connectivity index (χ1n) is 9.78. The molecule has 2 aromatic carbocycles. The topological polar surface area (TPSA) is 48.3 Å². The molecule has 1 aliphatic carbocycles. The van der Waals surface area contributed by atoms with Crippen molar-refractivity contribution in [3.8, 4) is 0 Å². The number of aromatic nitrogens is 1. The average Bonchev–Trinajstić information content (AvgIpc) is 3.16. The van der Waals surface area contributed by atoms with Crippen LogP contribution in [0.15, 0.2) is 48.7 Å². The molecule has 4 rings (SSSR count). The number of hydrogen-bond donors (Lipinski definition) is 0. The molecule has 0 N–H and O–H groups in total. The minimum Gasteiger partial charge on any atom is -0.465 e. The second-order valence-corrected chi connectivity index (χ2v) is 8.32. The van der Waals surface area contributed by atoms with Gasteiger partial charge < -0.3 is 9.30 Å². The smallest absolute Gasteiger partial charge is 0.325 e. The van der Waals surface area contributed by atoms with Gasteiger partial charge in [0.25, 0.3) is 0 Å². The first-order valence-corrected chi connectivity index (χ1v) is 9.78. The molecule has 144 valence electrons. The Kier molecular flexibility index (Phi) is 4.58. The van der Waals surface area contributed by atoms with Gasteiger partial charge in [-0.2, -0.15) is 0 Å².